The molecular formula is C12H20N2OS. The molecule has 1 N–H and O–H groups in total. The van der Waals surface area contributed by atoms with Gasteiger partial charge in [-0.1, -0.05) is 0 Å². The average molecular weight is 240 g/mol. The van der Waals surface area contributed by atoms with Crippen LogP contribution in [0.3, 0.4) is 0 Å². The summed E-state index contributed by atoms with van der Waals surface area (Å²) in [5, 5.41) is 4.61. The first-order valence-electron chi connectivity index (χ1n) is 5.91. The van der Waals surface area contributed by atoms with Crippen molar-refractivity contribution in [3.63, 3.8) is 0 Å². The van der Waals surface area contributed by atoms with Gasteiger partial charge >= 0.3 is 0 Å². The second-order valence-corrected chi connectivity index (χ2v) is 5.67. The molecule has 2 atom stereocenters. The maximum absolute atomic E-state index is 5.56. The molecule has 0 saturated carbocycles. The Hall–Kier alpha value is -0.450. The summed E-state index contributed by atoms with van der Waals surface area (Å²) in [6, 6.07) is 0.359. The molecule has 1 aliphatic heterocycles. The molecule has 2 heterocycles. The fourth-order valence-corrected chi connectivity index (χ4v) is 3.35. The van der Waals surface area contributed by atoms with Crippen molar-refractivity contribution in [3.05, 3.63) is 15.6 Å². The monoisotopic (exact) mass is 240 g/mol. The summed E-state index contributed by atoms with van der Waals surface area (Å²) >= 11 is 1.81. The normalized spacial score (nSPS) is 23.3. The summed E-state index contributed by atoms with van der Waals surface area (Å²) < 4.78 is 5.56. The van der Waals surface area contributed by atoms with Crippen molar-refractivity contribution in [2.75, 3.05) is 20.3 Å². The topological polar surface area (TPSA) is 34.2 Å². The Labute approximate surface area is 101 Å². The molecule has 0 radical (unpaired) electrons. The summed E-state index contributed by atoms with van der Waals surface area (Å²) in [6.45, 7) is 6.01. The van der Waals surface area contributed by atoms with E-state index >= 15 is 0 Å². The van der Waals surface area contributed by atoms with Gasteiger partial charge in [0.05, 0.1) is 18.3 Å². The van der Waals surface area contributed by atoms with E-state index in [2.05, 4.69) is 24.1 Å². The van der Waals surface area contributed by atoms with Gasteiger partial charge in [-0.3, -0.25) is 0 Å². The number of ether oxygens (including phenoxy) is 1. The molecule has 3 nitrogen and oxygen atoms in total. The molecule has 0 amide bonds. The molecule has 0 bridgehead atoms. The van der Waals surface area contributed by atoms with Gasteiger partial charge in [0, 0.05) is 17.4 Å². The second kappa shape index (κ2) is 5.25. The van der Waals surface area contributed by atoms with E-state index < -0.39 is 0 Å². The zero-order valence-corrected chi connectivity index (χ0v) is 11.1. The average Bonchev–Trinajstić information content (AvgIpc) is 2.61. The fourth-order valence-electron chi connectivity index (χ4n) is 2.22. The van der Waals surface area contributed by atoms with Crippen LogP contribution in [0.1, 0.15) is 34.5 Å². The van der Waals surface area contributed by atoms with E-state index in [0.717, 1.165) is 18.9 Å². The third kappa shape index (κ3) is 2.44. The van der Waals surface area contributed by atoms with E-state index in [-0.39, 0.29) is 0 Å². The Morgan fingerprint density at radius 2 is 2.31 bits per heavy atom. The molecule has 16 heavy (non-hydrogen) atoms. The molecular weight excluding hydrogens is 220 g/mol. The summed E-state index contributed by atoms with van der Waals surface area (Å²) in [4.78, 5) is 5.98. The molecule has 0 spiro atoms. The summed E-state index contributed by atoms with van der Waals surface area (Å²) in [6.07, 6.45) is 2.41. The van der Waals surface area contributed by atoms with Crippen LogP contribution in [-0.2, 0) is 4.74 Å². The van der Waals surface area contributed by atoms with E-state index in [0.29, 0.717) is 12.0 Å². The maximum atomic E-state index is 5.56. The van der Waals surface area contributed by atoms with Gasteiger partial charge in [0.15, 0.2) is 0 Å². The smallest absolute Gasteiger partial charge is 0.110 e. The summed E-state index contributed by atoms with van der Waals surface area (Å²) in [5.74, 6) is 0.573. The number of nitrogens with zero attached hydrogens (tertiary/aromatic N) is 1. The number of hydrogen-bond acceptors (Lipinski definition) is 4. The van der Waals surface area contributed by atoms with Gasteiger partial charge < -0.3 is 10.1 Å². The minimum atomic E-state index is 0.359. The number of hydrogen-bond donors (Lipinski definition) is 1. The maximum Gasteiger partial charge on any atom is 0.110 e. The van der Waals surface area contributed by atoms with Gasteiger partial charge in [0.2, 0.25) is 0 Å². The van der Waals surface area contributed by atoms with E-state index in [1.165, 1.54) is 22.7 Å². The summed E-state index contributed by atoms with van der Waals surface area (Å²) in [7, 11) is 2.02. The van der Waals surface area contributed by atoms with Crippen LogP contribution in [0, 0.1) is 19.8 Å². The zero-order chi connectivity index (χ0) is 11.5. The number of thiazole rings is 1. The molecule has 1 fully saturated rings. The SMILES string of the molecule is CNC(c1nc(C)c(C)s1)C1CCCOC1. The molecule has 2 rings (SSSR count). The highest BCUT2D eigenvalue weighted by Gasteiger charge is 2.26. The number of aromatic nitrogens is 1. The van der Waals surface area contributed by atoms with E-state index in [1.54, 1.807) is 0 Å². The van der Waals surface area contributed by atoms with Crippen molar-refractivity contribution >= 4 is 11.3 Å². The highest BCUT2D eigenvalue weighted by molar-refractivity contribution is 7.11. The zero-order valence-electron chi connectivity index (χ0n) is 10.2. The molecule has 0 aromatic carbocycles. The van der Waals surface area contributed by atoms with Crippen molar-refractivity contribution in [1.82, 2.24) is 10.3 Å². The second-order valence-electron chi connectivity index (χ2n) is 4.44. The van der Waals surface area contributed by atoms with E-state index in [1.807, 2.05) is 18.4 Å². The Kier molecular flexibility index (Phi) is 3.95. The molecule has 0 aliphatic carbocycles. The largest absolute Gasteiger partial charge is 0.381 e. The Bertz CT molecular complexity index is 325. The third-order valence-corrected chi connectivity index (χ3v) is 4.45. The molecule has 1 aromatic heterocycles. The lowest BCUT2D eigenvalue weighted by Crippen LogP contribution is -2.31. The highest BCUT2D eigenvalue weighted by Crippen LogP contribution is 2.31. The van der Waals surface area contributed by atoms with Crippen LogP contribution in [-0.4, -0.2) is 25.2 Å². The van der Waals surface area contributed by atoms with Crippen LogP contribution in [0.4, 0.5) is 0 Å². The molecule has 90 valence electrons. The van der Waals surface area contributed by atoms with Gasteiger partial charge in [-0.15, -0.1) is 11.3 Å². The Balaban J connectivity index is 2.14. The molecule has 1 aromatic rings. The van der Waals surface area contributed by atoms with Gasteiger partial charge in [-0.25, -0.2) is 4.98 Å². The minimum Gasteiger partial charge on any atom is -0.381 e. The first kappa shape index (κ1) is 12.0. The molecule has 1 aliphatic rings. The first-order valence-corrected chi connectivity index (χ1v) is 6.73. The molecule has 4 heteroatoms. The van der Waals surface area contributed by atoms with Crippen molar-refractivity contribution in [2.24, 2.45) is 5.92 Å². The Morgan fingerprint density at radius 1 is 1.50 bits per heavy atom. The van der Waals surface area contributed by atoms with Gasteiger partial charge in [0.1, 0.15) is 5.01 Å². The molecule has 1 saturated heterocycles. The summed E-state index contributed by atoms with van der Waals surface area (Å²) in [5.41, 5.74) is 1.16. The van der Waals surface area contributed by atoms with Crippen molar-refractivity contribution in [1.29, 1.82) is 0 Å². The van der Waals surface area contributed by atoms with Gasteiger partial charge in [-0.05, 0) is 33.7 Å². The minimum absolute atomic E-state index is 0.359. The predicted octanol–water partition coefficient (Wildman–Crippen LogP) is 2.45. The first-order chi connectivity index (χ1) is 7.72. The predicted molar refractivity (Wildman–Crippen MR) is 66.9 cm³/mol. The van der Waals surface area contributed by atoms with Gasteiger partial charge in [-0.2, -0.15) is 0 Å². The number of rotatable bonds is 3. The number of nitrogens with one attached hydrogen (secondary N) is 1. The lowest BCUT2D eigenvalue weighted by atomic mass is 9.94. The van der Waals surface area contributed by atoms with Crippen LogP contribution in [0.25, 0.3) is 0 Å². The number of aryl methyl sites for hydroxylation is 2. The lowest BCUT2D eigenvalue weighted by molar-refractivity contribution is 0.0401. The van der Waals surface area contributed by atoms with Crippen molar-refractivity contribution in [2.45, 2.75) is 32.7 Å². The lowest BCUT2D eigenvalue weighted by Gasteiger charge is -2.28. The third-order valence-electron chi connectivity index (χ3n) is 3.29. The quantitative estimate of drug-likeness (QED) is 0.881. The van der Waals surface area contributed by atoms with Crippen molar-refractivity contribution < 1.29 is 4.74 Å². The molecule has 2 unspecified atom stereocenters. The standard InChI is InChI=1S/C12H20N2OS/c1-8-9(2)16-12(14-8)11(13-3)10-5-4-6-15-7-10/h10-11,13H,4-7H2,1-3H3. The van der Waals surface area contributed by atoms with Crippen LogP contribution < -0.4 is 5.32 Å². The highest BCUT2D eigenvalue weighted by atomic mass is 32.1. The fraction of sp³-hybridized carbons (Fsp3) is 0.750. The van der Waals surface area contributed by atoms with E-state index in [4.69, 9.17) is 4.74 Å². The van der Waals surface area contributed by atoms with Crippen LogP contribution in [0.5, 0.6) is 0 Å². The van der Waals surface area contributed by atoms with Crippen LogP contribution in [0.2, 0.25) is 0 Å². The Morgan fingerprint density at radius 3 is 2.81 bits per heavy atom. The van der Waals surface area contributed by atoms with E-state index in [9.17, 15) is 0 Å². The van der Waals surface area contributed by atoms with Crippen LogP contribution in [0.15, 0.2) is 0 Å². The van der Waals surface area contributed by atoms with Crippen molar-refractivity contribution in [3.8, 4) is 0 Å². The van der Waals surface area contributed by atoms with Crippen LogP contribution >= 0.6 is 11.3 Å². The van der Waals surface area contributed by atoms with Gasteiger partial charge in [0.25, 0.3) is 0 Å².